The molecule has 0 aromatic heterocycles. The molecule has 1 heterocycles. The Hall–Kier alpha value is -3.50. The van der Waals surface area contributed by atoms with Crippen molar-refractivity contribution >= 4 is 35.0 Å². The summed E-state index contributed by atoms with van der Waals surface area (Å²) in [6, 6.07) is 13.5. The molecule has 0 saturated carbocycles. The number of thioether (sulfide) groups is 1. The van der Waals surface area contributed by atoms with Crippen molar-refractivity contribution in [2.45, 2.75) is 6.61 Å². The summed E-state index contributed by atoms with van der Waals surface area (Å²) in [7, 11) is 0. The van der Waals surface area contributed by atoms with Gasteiger partial charge in [0.2, 0.25) is 0 Å². The summed E-state index contributed by atoms with van der Waals surface area (Å²) in [4.78, 5) is 36.4. The smallest absolute Gasteiger partial charge is 0.335 e. The molecule has 1 saturated heterocycles. The first kappa shape index (κ1) is 19.3. The van der Waals surface area contributed by atoms with Crippen LogP contribution in [0, 0.1) is 12.3 Å². The van der Waals surface area contributed by atoms with Crippen LogP contribution in [-0.2, 0) is 11.4 Å². The first-order chi connectivity index (χ1) is 13.5. The van der Waals surface area contributed by atoms with Crippen LogP contribution in [0.15, 0.2) is 53.4 Å². The Labute approximate surface area is 165 Å². The largest absolute Gasteiger partial charge is 0.488 e. The fraction of sp³-hybridized carbons (Fsp3) is 0.0952. The van der Waals surface area contributed by atoms with E-state index in [1.807, 2.05) is 0 Å². The summed E-state index contributed by atoms with van der Waals surface area (Å²) in [5.74, 6) is 1.42. The maximum atomic E-state index is 12.3. The number of carboxylic acid groups (broad SMARTS) is 1. The number of benzene rings is 2. The van der Waals surface area contributed by atoms with Gasteiger partial charge in [-0.05, 0) is 41.6 Å². The lowest BCUT2D eigenvalue weighted by molar-refractivity contribution is -0.122. The van der Waals surface area contributed by atoms with E-state index in [9.17, 15) is 14.4 Å². The van der Waals surface area contributed by atoms with E-state index < -0.39 is 17.1 Å². The minimum Gasteiger partial charge on any atom is -0.488 e. The van der Waals surface area contributed by atoms with Gasteiger partial charge < -0.3 is 9.84 Å². The van der Waals surface area contributed by atoms with Crippen LogP contribution in [0.1, 0.15) is 21.5 Å². The minimum atomic E-state index is -0.989. The Kier molecular flexibility index (Phi) is 5.82. The number of ether oxygens (including phenoxy) is 1. The molecule has 6 nitrogen and oxygen atoms in total. The standard InChI is InChI=1S/C21H15NO5S/c1-2-11-22-19(23)18(28-21(22)26)12-16-5-3-4-6-17(16)27-13-14-7-9-15(10-8-14)20(24)25/h1,3-10,12H,11,13H2,(H,24,25)/b18-12-. The second-order valence-electron chi connectivity index (χ2n) is 5.80. The van der Waals surface area contributed by atoms with Gasteiger partial charge in [-0.2, -0.15) is 0 Å². The van der Waals surface area contributed by atoms with Crippen LogP contribution in [-0.4, -0.2) is 33.7 Å². The third kappa shape index (κ3) is 4.24. The van der Waals surface area contributed by atoms with Crippen molar-refractivity contribution < 1.29 is 24.2 Å². The minimum absolute atomic E-state index is 0.0630. The Morgan fingerprint density at radius 1 is 1.18 bits per heavy atom. The number of hydrogen-bond acceptors (Lipinski definition) is 5. The average Bonchev–Trinajstić information content (AvgIpc) is 2.95. The number of terminal acetylenes is 1. The second kappa shape index (κ2) is 8.46. The van der Waals surface area contributed by atoms with E-state index in [1.165, 1.54) is 12.1 Å². The van der Waals surface area contributed by atoms with E-state index in [-0.39, 0.29) is 23.6 Å². The molecule has 0 atom stereocenters. The molecule has 28 heavy (non-hydrogen) atoms. The lowest BCUT2D eigenvalue weighted by atomic mass is 10.1. The predicted molar refractivity (Wildman–Crippen MR) is 106 cm³/mol. The third-order valence-electron chi connectivity index (χ3n) is 3.92. The Morgan fingerprint density at radius 2 is 1.89 bits per heavy atom. The molecule has 140 valence electrons. The quantitative estimate of drug-likeness (QED) is 0.596. The molecule has 0 spiro atoms. The van der Waals surface area contributed by atoms with E-state index in [0.717, 1.165) is 22.2 Å². The van der Waals surface area contributed by atoms with Crippen molar-refractivity contribution in [1.82, 2.24) is 4.90 Å². The van der Waals surface area contributed by atoms with E-state index >= 15 is 0 Å². The van der Waals surface area contributed by atoms with E-state index in [4.69, 9.17) is 16.3 Å². The number of carboxylic acids is 1. The van der Waals surface area contributed by atoms with Gasteiger partial charge in [-0.3, -0.25) is 14.5 Å². The van der Waals surface area contributed by atoms with Gasteiger partial charge in [-0.25, -0.2) is 4.79 Å². The van der Waals surface area contributed by atoms with Gasteiger partial charge >= 0.3 is 5.97 Å². The third-order valence-corrected chi connectivity index (χ3v) is 4.83. The summed E-state index contributed by atoms with van der Waals surface area (Å²) < 4.78 is 5.83. The highest BCUT2D eigenvalue weighted by Gasteiger charge is 2.34. The highest BCUT2D eigenvalue weighted by atomic mass is 32.2. The molecule has 7 heteroatoms. The average molecular weight is 393 g/mol. The second-order valence-corrected chi connectivity index (χ2v) is 6.79. The number of imide groups is 1. The summed E-state index contributed by atoms with van der Waals surface area (Å²) in [6.07, 6.45) is 6.80. The number of carbonyl (C=O) groups is 3. The number of amides is 2. The zero-order valence-electron chi connectivity index (χ0n) is 14.6. The molecule has 0 radical (unpaired) electrons. The molecule has 0 aliphatic carbocycles. The molecule has 0 bridgehead atoms. The first-order valence-electron chi connectivity index (χ1n) is 8.22. The molecule has 1 aliphatic rings. The maximum Gasteiger partial charge on any atom is 0.335 e. The number of nitrogens with zero attached hydrogens (tertiary/aromatic N) is 1. The Morgan fingerprint density at radius 3 is 2.57 bits per heavy atom. The molecule has 2 aromatic carbocycles. The molecular weight excluding hydrogens is 378 g/mol. The highest BCUT2D eigenvalue weighted by molar-refractivity contribution is 8.18. The highest BCUT2D eigenvalue weighted by Crippen LogP contribution is 2.33. The van der Waals surface area contributed by atoms with Crippen LogP contribution in [0.5, 0.6) is 5.75 Å². The summed E-state index contributed by atoms with van der Waals surface area (Å²) in [6.45, 7) is 0.163. The van der Waals surface area contributed by atoms with Crippen molar-refractivity contribution in [1.29, 1.82) is 0 Å². The van der Waals surface area contributed by atoms with E-state index in [2.05, 4.69) is 5.92 Å². The van der Waals surface area contributed by atoms with E-state index in [1.54, 1.807) is 42.5 Å². The fourth-order valence-electron chi connectivity index (χ4n) is 2.50. The van der Waals surface area contributed by atoms with Crippen molar-refractivity contribution in [2.24, 2.45) is 0 Å². The molecule has 3 rings (SSSR count). The van der Waals surface area contributed by atoms with Crippen LogP contribution in [0.25, 0.3) is 6.08 Å². The van der Waals surface area contributed by atoms with Gasteiger partial charge in [0, 0.05) is 5.56 Å². The maximum absolute atomic E-state index is 12.3. The summed E-state index contributed by atoms with van der Waals surface area (Å²) >= 11 is 0.836. The normalized spacial score (nSPS) is 15.0. The van der Waals surface area contributed by atoms with Crippen LogP contribution in [0.3, 0.4) is 0 Å². The number of carbonyl (C=O) groups excluding carboxylic acids is 2. The summed E-state index contributed by atoms with van der Waals surface area (Å²) in [5.41, 5.74) is 1.65. The summed E-state index contributed by atoms with van der Waals surface area (Å²) in [5, 5.41) is 8.55. The van der Waals surface area contributed by atoms with Crippen LogP contribution < -0.4 is 4.74 Å². The Balaban J connectivity index is 1.77. The van der Waals surface area contributed by atoms with Gasteiger partial charge in [0.1, 0.15) is 12.4 Å². The lowest BCUT2D eigenvalue weighted by Gasteiger charge is -2.10. The number of para-hydroxylation sites is 1. The molecule has 1 N–H and O–H groups in total. The van der Waals surface area contributed by atoms with Gasteiger partial charge in [-0.1, -0.05) is 36.3 Å². The van der Waals surface area contributed by atoms with Crippen LogP contribution in [0.2, 0.25) is 0 Å². The van der Waals surface area contributed by atoms with Crippen molar-refractivity contribution in [3.8, 4) is 18.1 Å². The first-order valence-corrected chi connectivity index (χ1v) is 9.04. The monoisotopic (exact) mass is 393 g/mol. The van der Waals surface area contributed by atoms with Crippen LogP contribution in [0.4, 0.5) is 4.79 Å². The number of hydrogen-bond donors (Lipinski definition) is 1. The zero-order valence-corrected chi connectivity index (χ0v) is 15.4. The molecule has 2 aromatic rings. The van der Waals surface area contributed by atoms with Gasteiger partial charge in [0.15, 0.2) is 0 Å². The molecule has 1 fully saturated rings. The lowest BCUT2D eigenvalue weighted by Crippen LogP contribution is -2.28. The predicted octanol–water partition coefficient (Wildman–Crippen LogP) is 3.63. The van der Waals surface area contributed by atoms with E-state index in [0.29, 0.717) is 11.3 Å². The van der Waals surface area contributed by atoms with Crippen molar-refractivity contribution in [2.75, 3.05) is 6.54 Å². The number of aromatic carboxylic acids is 1. The van der Waals surface area contributed by atoms with Gasteiger partial charge in [0.05, 0.1) is 17.0 Å². The number of rotatable bonds is 6. The Bertz CT molecular complexity index is 1000. The zero-order chi connectivity index (χ0) is 20.1. The van der Waals surface area contributed by atoms with Crippen molar-refractivity contribution in [3.63, 3.8) is 0 Å². The SMILES string of the molecule is C#CCN1C(=O)S/C(=C\c2ccccc2OCc2ccc(C(=O)O)cc2)C1=O. The van der Waals surface area contributed by atoms with Gasteiger partial charge in [0.25, 0.3) is 11.1 Å². The van der Waals surface area contributed by atoms with Crippen molar-refractivity contribution in [3.05, 3.63) is 70.1 Å². The molecular formula is C21H15NO5S. The topological polar surface area (TPSA) is 83.9 Å². The fourth-order valence-corrected chi connectivity index (χ4v) is 3.33. The molecule has 1 aliphatic heterocycles. The van der Waals surface area contributed by atoms with Gasteiger partial charge in [-0.15, -0.1) is 6.42 Å². The van der Waals surface area contributed by atoms with Crippen LogP contribution >= 0.6 is 11.8 Å². The molecule has 2 amide bonds. The molecule has 0 unspecified atom stereocenters.